The first-order valence-corrected chi connectivity index (χ1v) is 4.98. The first-order valence-electron chi connectivity index (χ1n) is 4.98. The molecule has 78 valence electrons. The molecule has 0 aliphatic rings. The molecule has 1 aromatic carbocycles. The number of benzene rings is 1. The summed E-state index contributed by atoms with van der Waals surface area (Å²) in [6.45, 7) is 7.08. The summed E-state index contributed by atoms with van der Waals surface area (Å²) in [7, 11) is 2.09. The van der Waals surface area contributed by atoms with Crippen LogP contribution in [0.25, 0.3) is 0 Å². The molecule has 0 aliphatic carbocycles. The van der Waals surface area contributed by atoms with Crippen molar-refractivity contribution >= 4 is 5.69 Å². The summed E-state index contributed by atoms with van der Waals surface area (Å²) in [6, 6.07) is 8.37. The summed E-state index contributed by atoms with van der Waals surface area (Å²) in [5.41, 5.74) is 8.30. The van der Waals surface area contributed by atoms with Crippen LogP contribution in [0.4, 0.5) is 5.69 Å². The van der Waals surface area contributed by atoms with Crippen molar-refractivity contribution in [2.75, 3.05) is 18.5 Å². The number of anilines is 1. The van der Waals surface area contributed by atoms with Gasteiger partial charge in [-0.25, -0.2) is 0 Å². The summed E-state index contributed by atoms with van der Waals surface area (Å²) < 4.78 is 0. The number of hydrogen-bond donors (Lipinski definition) is 1. The van der Waals surface area contributed by atoms with Crippen molar-refractivity contribution < 1.29 is 0 Å². The molecule has 0 aromatic heterocycles. The molecule has 0 bridgehead atoms. The second-order valence-corrected chi connectivity index (χ2v) is 4.36. The Kier molecular flexibility index (Phi) is 3.17. The smallest absolute Gasteiger partial charge is 0.0464 e. The van der Waals surface area contributed by atoms with Crippen LogP contribution < -0.4 is 10.6 Å². The van der Waals surface area contributed by atoms with Crippen LogP contribution in [0.2, 0.25) is 0 Å². The molecule has 14 heavy (non-hydrogen) atoms. The Morgan fingerprint density at radius 1 is 1.29 bits per heavy atom. The first-order chi connectivity index (χ1) is 6.49. The lowest BCUT2D eigenvalue weighted by molar-refractivity contribution is 0.498. The number of aryl methyl sites for hydroxylation is 1. The fourth-order valence-corrected chi connectivity index (χ4v) is 1.40. The van der Waals surface area contributed by atoms with Gasteiger partial charge < -0.3 is 10.6 Å². The van der Waals surface area contributed by atoms with Gasteiger partial charge in [0.15, 0.2) is 0 Å². The van der Waals surface area contributed by atoms with Gasteiger partial charge in [-0.15, -0.1) is 0 Å². The molecule has 0 fully saturated rings. The Morgan fingerprint density at radius 3 is 2.36 bits per heavy atom. The molecular weight excluding hydrogens is 172 g/mol. The fraction of sp³-hybridized carbons (Fsp3) is 0.500. The number of nitrogens with zero attached hydrogens (tertiary/aromatic N) is 1. The Bertz CT molecular complexity index is 305. The van der Waals surface area contributed by atoms with Crippen LogP contribution in [0.5, 0.6) is 0 Å². The predicted octanol–water partition coefficient (Wildman–Crippen LogP) is 2.17. The van der Waals surface area contributed by atoms with Crippen LogP contribution in [-0.4, -0.2) is 19.1 Å². The highest BCUT2D eigenvalue weighted by Gasteiger charge is 2.22. The quantitative estimate of drug-likeness (QED) is 0.795. The van der Waals surface area contributed by atoms with Crippen molar-refractivity contribution in [1.82, 2.24) is 0 Å². The second-order valence-electron chi connectivity index (χ2n) is 4.36. The van der Waals surface area contributed by atoms with Crippen molar-refractivity contribution in [1.29, 1.82) is 0 Å². The molecule has 0 amide bonds. The van der Waals surface area contributed by atoms with Crippen LogP contribution in [-0.2, 0) is 0 Å². The molecule has 1 aromatic rings. The van der Waals surface area contributed by atoms with Gasteiger partial charge in [0, 0.05) is 24.8 Å². The maximum Gasteiger partial charge on any atom is 0.0464 e. The van der Waals surface area contributed by atoms with Gasteiger partial charge in [0.05, 0.1) is 0 Å². The van der Waals surface area contributed by atoms with E-state index in [9.17, 15) is 0 Å². The highest BCUT2D eigenvalue weighted by atomic mass is 15.2. The Labute approximate surface area is 86.7 Å². The zero-order valence-electron chi connectivity index (χ0n) is 9.54. The lowest BCUT2D eigenvalue weighted by Crippen LogP contribution is -2.47. The average molecular weight is 192 g/mol. The SMILES string of the molecule is Cc1ccccc1N(C)C(C)(C)CN. The molecule has 0 spiro atoms. The summed E-state index contributed by atoms with van der Waals surface area (Å²) in [5.74, 6) is 0. The Morgan fingerprint density at radius 2 is 1.86 bits per heavy atom. The van der Waals surface area contributed by atoms with Crippen molar-refractivity contribution in [2.24, 2.45) is 5.73 Å². The summed E-state index contributed by atoms with van der Waals surface area (Å²) >= 11 is 0. The van der Waals surface area contributed by atoms with E-state index in [0.29, 0.717) is 6.54 Å². The summed E-state index contributed by atoms with van der Waals surface area (Å²) in [5, 5.41) is 0. The minimum absolute atomic E-state index is 0.00606. The van der Waals surface area contributed by atoms with Gasteiger partial charge >= 0.3 is 0 Å². The molecule has 0 aliphatic heterocycles. The topological polar surface area (TPSA) is 29.3 Å². The van der Waals surface area contributed by atoms with Gasteiger partial charge in [-0.2, -0.15) is 0 Å². The Balaban J connectivity index is 3.00. The number of nitrogens with two attached hydrogens (primary N) is 1. The van der Waals surface area contributed by atoms with E-state index in [0.717, 1.165) is 0 Å². The van der Waals surface area contributed by atoms with Crippen LogP contribution in [0.1, 0.15) is 19.4 Å². The number of rotatable bonds is 3. The number of para-hydroxylation sites is 1. The second kappa shape index (κ2) is 4.01. The summed E-state index contributed by atoms with van der Waals surface area (Å²) in [6.07, 6.45) is 0. The monoisotopic (exact) mass is 192 g/mol. The fourth-order valence-electron chi connectivity index (χ4n) is 1.40. The van der Waals surface area contributed by atoms with Gasteiger partial charge in [-0.3, -0.25) is 0 Å². The first kappa shape index (κ1) is 11.1. The van der Waals surface area contributed by atoms with Crippen LogP contribution in [0.15, 0.2) is 24.3 Å². The largest absolute Gasteiger partial charge is 0.368 e. The molecular formula is C12H20N2. The molecule has 0 unspecified atom stereocenters. The molecule has 0 saturated heterocycles. The standard InChI is InChI=1S/C12H20N2/c1-10-7-5-6-8-11(10)14(4)12(2,3)9-13/h5-8H,9,13H2,1-4H3. The van der Waals surface area contributed by atoms with Crippen molar-refractivity contribution in [2.45, 2.75) is 26.3 Å². The van der Waals surface area contributed by atoms with E-state index < -0.39 is 0 Å². The summed E-state index contributed by atoms with van der Waals surface area (Å²) in [4.78, 5) is 2.24. The van der Waals surface area contributed by atoms with Gasteiger partial charge in [0.1, 0.15) is 0 Å². The third-order valence-corrected chi connectivity index (χ3v) is 2.88. The lowest BCUT2D eigenvalue weighted by atomic mass is 10.0. The predicted molar refractivity (Wildman–Crippen MR) is 62.7 cm³/mol. The highest BCUT2D eigenvalue weighted by Crippen LogP contribution is 2.24. The molecule has 0 saturated carbocycles. The van der Waals surface area contributed by atoms with Crippen molar-refractivity contribution in [3.63, 3.8) is 0 Å². The highest BCUT2D eigenvalue weighted by molar-refractivity contribution is 5.54. The van der Waals surface area contributed by atoms with Crippen LogP contribution in [0, 0.1) is 6.92 Å². The zero-order chi connectivity index (χ0) is 10.8. The maximum absolute atomic E-state index is 5.75. The minimum atomic E-state index is 0.00606. The number of likely N-dealkylation sites (N-methyl/N-ethyl adjacent to an activating group) is 1. The zero-order valence-corrected chi connectivity index (χ0v) is 9.54. The van der Waals surface area contributed by atoms with E-state index in [1.54, 1.807) is 0 Å². The normalized spacial score (nSPS) is 11.5. The Hall–Kier alpha value is -1.02. The molecule has 0 heterocycles. The van der Waals surface area contributed by atoms with Crippen molar-refractivity contribution in [3.05, 3.63) is 29.8 Å². The lowest BCUT2D eigenvalue weighted by Gasteiger charge is -2.37. The van der Waals surface area contributed by atoms with E-state index in [1.165, 1.54) is 11.3 Å². The number of hydrogen-bond acceptors (Lipinski definition) is 2. The molecule has 2 heteroatoms. The van der Waals surface area contributed by atoms with E-state index in [-0.39, 0.29) is 5.54 Å². The van der Waals surface area contributed by atoms with E-state index in [2.05, 4.69) is 57.0 Å². The van der Waals surface area contributed by atoms with E-state index >= 15 is 0 Å². The van der Waals surface area contributed by atoms with Gasteiger partial charge in [0.2, 0.25) is 0 Å². The van der Waals surface area contributed by atoms with Gasteiger partial charge in [-0.1, -0.05) is 18.2 Å². The third kappa shape index (κ3) is 2.07. The maximum atomic E-state index is 5.75. The molecule has 0 atom stereocenters. The molecule has 0 radical (unpaired) electrons. The van der Waals surface area contributed by atoms with Crippen LogP contribution in [0.3, 0.4) is 0 Å². The molecule has 2 N–H and O–H groups in total. The van der Waals surface area contributed by atoms with Gasteiger partial charge in [0.25, 0.3) is 0 Å². The van der Waals surface area contributed by atoms with Crippen LogP contribution >= 0.6 is 0 Å². The molecule has 2 nitrogen and oxygen atoms in total. The molecule has 1 rings (SSSR count). The third-order valence-electron chi connectivity index (χ3n) is 2.88. The minimum Gasteiger partial charge on any atom is -0.368 e. The van der Waals surface area contributed by atoms with E-state index in [1.807, 2.05) is 0 Å². The van der Waals surface area contributed by atoms with E-state index in [4.69, 9.17) is 5.73 Å². The van der Waals surface area contributed by atoms with Gasteiger partial charge in [-0.05, 0) is 32.4 Å². The average Bonchev–Trinajstić information content (AvgIpc) is 2.17. The van der Waals surface area contributed by atoms with Crippen molar-refractivity contribution in [3.8, 4) is 0 Å².